The molecule has 4 aromatic heterocycles. The number of anilines is 2. The molecular weight excluding hydrogens is 733 g/mol. The van der Waals surface area contributed by atoms with Gasteiger partial charge in [-0.15, -0.1) is 5.10 Å². The van der Waals surface area contributed by atoms with Crippen LogP contribution in [0.2, 0.25) is 5.02 Å². The van der Waals surface area contributed by atoms with Gasteiger partial charge in [0.1, 0.15) is 18.6 Å². The number of aryl methyl sites for hydroxylation is 1. The van der Waals surface area contributed by atoms with Crippen molar-refractivity contribution in [3.05, 3.63) is 103 Å². The predicted molar refractivity (Wildman–Crippen MR) is 192 cm³/mol. The third-order valence-corrected chi connectivity index (χ3v) is 9.42. The lowest BCUT2D eigenvalue weighted by Gasteiger charge is -2.36. The number of aromatic amines is 1. The number of benzene rings is 2. The van der Waals surface area contributed by atoms with Gasteiger partial charge in [-0.05, 0) is 61.2 Å². The number of nitrogens with zero attached hydrogens (tertiary/aromatic N) is 8. The van der Waals surface area contributed by atoms with E-state index in [1.807, 2.05) is 0 Å². The van der Waals surface area contributed by atoms with Crippen LogP contribution >= 0.6 is 11.6 Å². The van der Waals surface area contributed by atoms with Crippen molar-refractivity contribution in [2.24, 2.45) is 0 Å². The van der Waals surface area contributed by atoms with Gasteiger partial charge in [-0.25, -0.2) is 9.97 Å². The zero-order chi connectivity index (χ0) is 38.5. The molecule has 278 valence electrons. The Morgan fingerprint density at radius 1 is 1.02 bits per heavy atom. The van der Waals surface area contributed by atoms with Crippen LogP contribution in [0.3, 0.4) is 0 Å². The monoisotopic (exact) mass is 762 g/mol. The first-order valence-electron chi connectivity index (χ1n) is 16.6. The average Bonchev–Trinajstić information content (AvgIpc) is 3.60. The summed E-state index contributed by atoms with van der Waals surface area (Å²) in [5.74, 6) is -1.31. The van der Waals surface area contributed by atoms with Gasteiger partial charge < -0.3 is 29.8 Å². The molecule has 1 aliphatic heterocycles. The molecule has 0 bridgehead atoms. The van der Waals surface area contributed by atoms with Gasteiger partial charge in [-0.1, -0.05) is 18.5 Å². The molecular formula is C35H30ClF3N10O5. The number of hydrogen-bond acceptors (Lipinski definition) is 10. The number of halogens is 4. The molecule has 19 heteroatoms. The molecule has 15 nitrogen and oxygen atoms in total. The lowest BCUT2D eigenvalue weighted by atomic mass is 10.1. The smallest absolute Gasteiger partial charge is 0.416 e. The van der Waals surface area contributed by atoms with E-state index in [0.29, 0.717) is 28.2 Å². The number of fused-ring (bicyclic) bond motifs is 2. The third-order valence-electron chi connectivity index (χ3n) is 9.11. The van der Waals surface area contributed by atoms with Gasteiger partial charge in [0, 0.05) is 43.3 Å². The van der Waals surface area contributed by atoms with E-state index < -0.39 is 35.7 Å². The Labute approximate surface area is 307 Å². The van der Waals surface area contributed by atoms with E-state index in [9.17, 15) is 37.5 Å². The van der Waals surface area contributed by atoms with E-state index in [1.54, 1.807) is 43.0 Å². The number of carbonyl (C=O) groups excluding carboxylic acids is 2. The minimum absolute atomic E-state index is 0.0225. The molecule has 54 heavy (non-hydrogen) atoms. The number of nitrogens with one attached hydrogen (secondary N) is 2. The van der Waals surface area contributed by atoms with Crippen molar-refractivity contribution in [2.75, 3.05) is 36.4 Å². The van der Waals surface area contributed by atoms with Crippen molar-refractivity contribution in [2.45, 2.75) is 33.0 Å². The van der Waals surface area contributed by atoms with Crippen molar-refractivity contribution in [1.82, 2.24) is 39.0 Å². The summed E-state index contributed by atoms with van der Waals surface area (Å²) in [6.45, 7) is 3.63. The minimum Gasteiger partial charge on any atom is -0.504 e. The second kappa shape index (κ2) is 13.9. The molecule has 1 saturated heterocycles. The topological polar surface area (TPSA) is 184 Å². The molecule has 5 heterocycles. The van der Waals surface area contributed by atoms with Gasteiger partial charge in [-0.2, -0.15) is 22.7 Å². The molecule has 0 aliphatic carbocycles. The Hall–Kier alpha value is -6.30. The highest BCUT2D eigenvalue weighted by atomic mass is 35.5. The van der Waals surface area contributed by atoms with Gasteiger partial charge >= 0.3 is 6.18 Å². The summed E-state index contributed by atoms with van der Waals surface area (Å²) >= 11 is 6.13. The lowest BCUT2D eigenvalue weighted by molar-refractivity contribution is -0.137. The van der Waals surface area contributed by atoms with Crippen LogP contribution in [0.5, 0.6) is 5.75 Å². The molecule has 1 fully saturated rings. The number of amides is 2. The SMILES string of the molecule is CCc1c(N2CCN(C(=O)c3ncnc(C)c3O)CC2)c(=O)n2nc(-c3ccc4[nH]c(=O)ccc4c3)nc2n1CC(=O)Nc1ccc(C(F)(F)F)cc1Cl. The van der Waals surface area contributed by atoms with Gasteiger partial charge in [-0.3, -0.25) is 19.2 Å². The van der Waals surface area contributed by atoms with Gasteiger partial charge in [0.2, 0.25) is 17.2 Å². The summed E-state index contributed by atoms with van der Waals surface area (Å²) < 4.78 is 42.3. The van der Waals surface area contributed by atoms with E-state index >= 15 is 0 Å². The normalized spacial score (nSPS) is 13.5. The molecule has 0 unspecified atom stereocenters. The van der Waals surface area contributed by atoms with E-state index in [0.717, 1.165) is 16.6 Å². The first-order chi connectivity index (χ1) is 25.7. The predicted octanol–water partition coefficient (Wildman–Crippen LogP) is 4.04. The Morgan fingerprint density at radius 3 is 2.48 bits per heavy atom. The maximum atomic E-state index is 14.3. The quantitative estimate of drug-likeness (QED) is 0.215. The summed E-state index contributed by atoms with van der Waals surface area (Å²) in [7, 11) is 0. The fourth-order valence-electron chi connectivity index (χ4n) is 6.38. The number of hydrogen-bond donors (Lipinski definition) is 3. The summed E-state index contributed by atoms with van der Waals surface area (Å²) in [6.07, 6.45) is -3.20. The molecule has 3 N–H and O–H groups in total. The lowest BCUT2D eigenvalue weighted by Crippen LogP contribution is -2.51. The zero-order valence-electron chi connectivity index (χ0n) is 28.6. The molecule has 1 aliphatic rings. The van der Waals surface area contributed by atoms with Crippen LogP contribution in [0.25, 0.3) is 28.1 Å². The van der Waals surface area contributed by atoms with Crippen LogP contribution in [0.15, 0.2) is 64.4 Å². The van der Waals surface area contributed by atoms with Crippen LogP contribution in [0, 0.1) is 6.92 Å². The van der Waals surface area contributed by atoms with Crippen LogP contribution in [0.4, 0.5) is 24.5 Å². The molecule has 0 atom stereocenters. The number of H-pyrrole nitrogens is 1. The third kappa shape index (κ3) is 6.70. The highest BCUT2D eigenvalue weighted by molar-refractivity contribution is 6.33. The molecule has 0 spiro atoms. The van der Waals surface area contributed by atoms with E-state index in [2.05, 4.69) is 30.4 Å². The fourth-order valence-corrected chi connectivity index (χ4v) is 6.61. The second-order valence-electron chi connectivity index (χ2n) is 12.5. The molecule has 6 aromatic rings. The number of alkyl halides is 3. The Kier molecular flexibility index (Phi) is 9.30. The Balaban J connectivity index is 1.27. The van der Waals surface area contributed by atoms with Crippen molar-refractivity contribution < 1.29 is 27.9 Å². The maximum absolute atomic E-state index is 14.3. The highest BCUT2D eigenvalue weighted by Gasteiger charge is 2.32. The minimum atomic E-state index is -4.64. The van der Waals surface area contributed by atoms with E-state index in [1.165, 1.54) is 21.9 Å². The van der Waals surface area contributed by atoms with Gasteiger partial charge in [0.05, 0.1) is 27.7 Å². The average molecular weight is 763 g/mol. The van der Waals surface area contributed by atoms with E-state index in [4.69, 9.17) is 11.6 Å². The van der Waals surface area contributed by atoms with Crippen molar-refractivity contribution in [3.63, 3.8) is 0 Å². The molecule has 2 aromatic carbocycles. The highest BCUT2D eigenvalue weighted by Crippen LogP contribution is 2.34. The van der Waals surface area contributed by atoms with Crippen LogP contribution in [0.1, 0.15) is 34.4 Å². The first-order valence-corrected chi connectivity index (χ1v) is 17.0. The Bertz CT molecular complexity index is 2600. The molecule has 2 amide bonds. The molecule has 0 saturated carbocycles. The number of aromatic hydroxyl groups is 1. The van der Waals surface area contributed by atoms with Crippen molar-refractivity contribution in [1.29, 1.82) is 0 Å². The second-order valence-corrected chi connectivity index (χ2v) is 12.9. The number of piperazine rings is 1. The largest absolute Gasteiger partial charge is 0.504 e. The van der Waals surface area contributed by atoms with Crippen molar-refractivity contribution >= 4 is 51.5 Å². The van der Waals surface area contributed by atoms with Crippen LogP contribution < -0.4 is 21.3 Å². The summed E-state index contributed by atoms with van der Waals surface area (Å²) in [6, 6.07) is 10.7. The number of pyridine rings is 1. The summed E-state index contributed by atoms with van der Waals surface area (Å²) in [5, 5.41) is 17.9. The fraction of sp³-hybridized carbons (Fsp3) is 0.257. The zero-order valence-corrected chi connectivity index (χ0v) is 29.4. The van der Waals surface area contributed by atoms with Gasteiger partial charge in [0.25, 0.3) is 11.5 Å². The number of carbonyl (C=O) groups is 2. The Morgan fingerprint density at radius 2 is 1.78 bits per heavy atom. The number of rotatable bonds is 7. The standard InChI is InChI=1S/C35H30ClF3N10O5/c1-3-25-29(46-10-12-47(13-11-46)32(53)28-30(52)18(2)40-17-41-28)33(54)49-34(44-31(45-49)20-4-7-23-19(14-20)5-9-26(50)42-23)48(25)16-27(51)43-24-8-6-21(15-22(24)36)35(37,38)39/h4-9,14-15,17,52H,3,10-13,16H2,1-2H3,(H,42,50)(H,43,51). The van der Waals surface area contributed by atoms with Gasteiger partial charge in [0.15, 0.2) is 17.3 Å². The first kappa shape index (κ1) is 36.1. The molecule has 0 radical (unpaired) electrons. The van der Waals surface area contributed by atoms with E-state index in [-0.39, 0.29) is 83.3 Å². The van der Waals surface area contributed by atoms with Crippen LogP contribution in [-0.2, 0) is 23.9 Å². The van der Waals surface area contributed by atoms with Crippen LogP contribution in [-0.4, -0.2) is 82.1 Å². The molecule has 7 rings (SSSR count). The maximum Gasteiger partial charge on any atom is 0.416 e. The van der Waals surface area contributed by atoms with Crippen molar-refractivity contribution in [3.8, 4) is 17.1 Å². The summed E-state index contributed by atoms with van der Waals surface area (Å²) in [5.41, 5.74) is 0.00188. The summed E-state index contributed by atoms with van der Waals surface area (Å²) in [4.78, 5) is 71.6. The number of aromatic nitrogens is 7.